The minimum Gasteiger partial charge on any atom is -0.497 e. The van der Waals surface area contributed by atoms with Crippen molar-refractivity contribution in [3.63, 3.8) is 0 Å². The second-order valence-electron chi connectivity index (χ2n) is 8.55. The Bertz CT molecular complexity index is 914. The van der Waals surface area contributed by atoms with Crippen molar-refractivity contribution in [1.29, 1.82) is 0 Å². The average Bonchev–Trinajstić information content (AvgIpc) is 3.10. The zero-order valence-electron chi connectivity index (χ0n) is 18.5. The number of esters is 1. The van der Waals surface area contributed by atoms with Crippen LogP contribution in [0.15, 0.2) is 24.3 Å². The molecule has 0 fully saturated rings. The van der Waals surface area contributed by atoms with Crippen molar-refractivity contribution in [1.82, 2.24) is 0 Å². The lowest BCUT2D eigenvalue weighted by atomic mass is 9.69. The van der Waals surface area contributed by atoms with Gasteiger partial charge in [0.15, 0.2) is 0 Å². The number of hydrogen-bond donors (Lipinski definition) is 1. The van der Waals surface area contributed by atoms with Gasteiger partial charge in [0.1, 0.15) is 10.8 Å². The fourth-order valence-electron chi connectivity index (χ4n) is 4.05. The van der Waals surface area contributed by atoms with Crippen LogP contribution in [0.3, 0.4) is 0 Å². The van der Waals surface area contributed by atoms with E-state index < -0.39 is 0 Å². The molecule has 1 amide bonds. The van der Waals surface area contributed by atoms with E-state index in [1.54, 1.807) is 7.11 Å². The molecule has 162 valence electrons. The minimum atomic E-state index is -0.375. The second kappa shape index (κ2) is 9.21. The van der Waals surface area contributed by atoms with Crippen molar-refractivity contribution in [2.45, 2.75) is 52.9 Å². The Morgan fingerprint density at radius 1 is 1.20 bits per heavy atom. The number of carbonyl (C=O) groups is 2. The van der Waals surface area contributed by atoms with E-state index in [1.165, 1.54) is 23.3 Å². The molecule has 30 heavy (non-hydrogen) atoms. The number of hydrogen-bond acceptors (Lipinski definition) is 5. The van der Waals surface area contributed by atoms with Crippen LogP contribution in [-0.4, -0.2) is 26.1 Å². The molecule has 0 radical (unpaired) electrons. The molecule has 0 saturated carbocycles. The molecular weight excluding hydrogens is 398 g/mol. The maximum atomic E-state index is 12.7. The smallest absolute Gasteiger partial charge is 0.341 e. The van der Waals surface area contributed by atoms with Crippen LogP contribution in [0, 0.1) is 11.3 Å². The van der Waals surface area contributed by atoms with E-state index >= 15 is 0 Å². The number of anilines is 1. The number of fused-ring (bicyclic) bond motifs is 1. The summed E-state index contributed by atoms with van der Waals surface area (Å²) in [5, 5.41) is 3.59. The monoisotopic (exact) mass is 429 g/mol. The van der Waals surface area contributed by atoms with Crippen molar-refractivity contribution < 1.29 is 19.1 Å². The molecular formula is C24H31NO4S. The molecule has 3 rings (SSSR count). The van der Waals surface area contributed by atoms with E-state index in [0.717, 1.165) is 42.6 Å². The third-order valence-corrected chi connectivity index (χ3v) is 7.62. The van der Waals surface area contributed by atoms with E-state index in [4.69, 9.17) is 9.47 Å². The molecule has 0 spiro atoms. The number of nitrogens with one attached hydrogen (secondary N) is 1. The topological polar surface area (TPSA) is 64.6 Å². The van der Waals surface area contributed by atoms with Crippen LogP contribution >= 0.6 is 11.3 Å². The Morgan fingerprint density at radius 3 is 2.50 bits per heavy atom. The Morgan fingerprint density at radius 2 is 1.90 bits per heavy atom. The number of rotatable bonds is 7. The molecule has 6 heteroatoms. The van der Waals surface area contributed by atoms with Gasteiger partial charge in [0, 0.05) is 4.88 Å². The van der Waals surface area contributed by atoms with Crippen molar-refractivity contribution in [3.05, 3.63) is 45.8 Å². The normalized spacial score (nSPS) is 16.0. The SMILES string of the molecule is CCC(C)(C)C1CCc2c(sc(NC(=O)Cc3ccc(OC)cc3)c2C(=O)OC)C1. The van der Waals surface area contributed by atoms with Crippen LogP contribution in [0.1, 0.15) is 60.0 Å². The predicted octanol–water partition coefficient (Wildman–Crippen LogP) is 5.27. The van der Waals surface area contributed by atoms with Gasteiger partial charge in [-0.25, -0.2) is 4.79 Å². The van der Waals surface area contributed by atoms with Crippen molar-refractivity contribution in [3.8, 4) is 5.75 Å². The van der Waals surface area contributed by atoms with Gasteiger partial charge in [0.2, 0.25) is 5.91 Å². The average molecular weight is 430 g/mol. The number of methoxy groups -OCH3 is 2. The number of thiophene rings is 1. The number of ether oxygens (including phenoxy) is 2. The van der Waals surface area contributed by atoms with Crippen LogP contribution in [0.2, 0.25) is 0 Å². The quantitative estimate of drug-likeness (QED) is 0.609. The van der Waals surface area contributed by atoms with Crippen molar-refractivity contribution >= 4 is 28.2 Å². The Hall–Kier alpha value is -2.34. The molecule has 0 aliphatic heterocycles. The fraction of sp³-hybridized carbons (Fsp3) is 0.500. The molecule has 1 atom stereocenters. The van der Waals surface area contributed by atoms with E-state index in [1.807, 2.05) is 24.3 Å². The largest absolute Gasteiger partial charge is 0.497 e. The lowest BCUT2D eigenvalue weighted by Gasteiger charge is -2.36. The van der Waals surface area contributed by atoms with E-state index in [2.05, 4.69) is 26.1 Å². The van der Waals surface area contributed by atoms with E-state index in [9.17, 15) is 9.59 Å². The van der Waals surface area contributed by atoms with Gasteiger partial charge in [-0.15, -0.1) is 11.3 Å². The van der Waals surface area contributed by atoms with E-state index in [-0.39, 0.29) is 23.7 Å². The molecule has 1 aromatic carbocycles. The summed E-state index contributed by atoms with van der Waals surface area (Å²) in [6.45, 7) is 6.86. The Balaban J connectivity index is 1.82. The van der Waals surface area contributed by atoms with Crippen molar-refractivity contribution in [2.75, 3.05) is 19.5 Å². The zero-order chi connectivity index (χ0) is 21.9. The highest BCUT2D eigenvalue weighted by Gasteiger charge is 2.35. The summed E-state index contributed by atoms with van der Waals surface area (Å²) in [4.78, 5) is 26.4. The van der Waals surface area contributed by atoms with Gasteiger partial charge < -0.3 is 14.8 Å². The van der Waals surface area contributed by atoms with Crippen LogP contribution in [-0.2, 0) is 28.8 Å². The highest BCUT2D eigenvalue weighted by atomic mass is 32.1. The van der Waals surface area contributed by atoms with Gasteiger partial charge in [-0.2, -0.15) is 0 Å². The summed E-state index contributed by atoms with van der Waals surface area (Å²) in [5.41, 5.74) is 2.73. The number of amides is 1. The van der Waals surface area contributed by atoms with Crippen LogP contribution < -0.4 is 10.1 Å². The maximum Gasteiger partial charge on any atom is 0.341 e. The van der Waals surface area contributed by atoms with Crippen LogP contribution in [0.5, 0.6) is 5.75 Å². The predicted molar refractivity (Wildman–Crippen MR) is 121 cm³/mol. The van der Waals surface area contributed by atoms with E-state index in [0.29, 0.717) is 16.5 Å². The first kappa shape index (κ1) is 22.3. The molecule has 1 unspecified atom stereocenters. The molecule has 1 heterocycles. The first-order chi connectivity index (χ1) is 14.3. The summed E-state index contributed by atoms with van der Waals surface area (Å²) in [6, 6.07) is 7.41. The number of carbonyl (C=O) groups excluding carboxylic acids is 2. The lowest BCUT2D eigenvalue weighted by molar-refractivity contribution is -0.115. The molecule has 1 aliphatic carbocycles. The number of benzene rings is 1. The Labute approximate surface area is 182 Å². The van der Waals surface area contributed by atoms with Gasteiger partial charge in [-0.1, -0.05) is 39.3 Å². The van der Waals surface area contributed by atoms with Gasteiger partial charge in [-0.3, -0.25) is 4.79 Å². The minimum absolute atomic E-state index is 0.144. The molecule has 1 aliphatic rings. The molecule has 1 N–H and O–H groups in total. The van der Waals surface area contributed by atoms with Crippen LogP contribution in [0.25, 0.3) is 0 Å². The Kier molecular flexibility index (Phi) is 6.86. The zero-order valence-corrected chi connectivity index (χ0v) is 19.3. The highest BCUT2D eigenvalue weighted by Crippen LogP contribution is 2.45. The third-order valence-electron chi connectivity index (χ3n) is 6.45. The summed E-state index contributed by atoms with van der Waals surface area (Å²) < 4.78 is 10.2. The molecule has 5 nitrogen and oxygen atoms in total. The van der Waals surface area contributed by atoms with Crippen LogP contribution in [0.4, 0.5) is 5.00 Å². The standard InChI is InChI=1S/C24H31NO4S/c1-6-24(2,3)16-9-12-18-19(14-16)30-22(21(18)23(27)29-5)25-20(26)13-15-7-10-17(28-4)11-8-15/h7-8,10-11,16H,6,9,12-14H2,1-5H3,(H,25,26). The summed E-state index contributed by atoms with van der Waals surface area (Å²) >= 11 is 1.53. The van der Waals surface area contributed by atoms with Gasteiger partial charge in [0.25, 0.3) is 0 Å². The summed E-state index contributed by atoms with van der Waals surface area (Å²) in [6.07, 6.45) is 4.19. The maximum absolute atomic E-state index is 12.7. The van der Waals surface area contributed by atoms with Gasteiger partial charge >= 0.3 is 5.97 Å². The molecule has 2 aromatic rings. The first-order valence-corrected chi connectivity index (χ1v) is 11.3. The first-order valence-electron chi connectivity index (χ1n) is 10.4. The molecule has 1 aromatic heterocycles. The lowest BCUT2D eigenvalue weighted by Crippen LogP contribution is -2.28. The highest BCUT2D eigenvalue weighted by molar-refractivity contribution is 7.17. The van der Waals surface area contributed by atoms with Crippen molar-refractivity contribution in [2.24, 2.45) is 11.3 Å². The summed E-state index contributed by atoms with van der Waals surface area (Å²) in [7, 11) is 3.00. The molecule has 0 bridgehead atoms. The third kappa shape index (κ3) is 4.69. The second-order valence-corrected chi connectivity index (χ2v) is 9.66. The van der Waals surface area contributed by atoms with Gasteiger partial charge in [0.05, 0.1) is 26.2 Å². The fourth-order valence-corrected chi connectivity index (χ4v) is 5.38. The molecule has 0 saturated heterocycles. The summed E-state index contributed by atoms with van der Waals surface area (Å²) in [5.74, 6) is 0.805. The van der Waals surface area contributed by atoms with Gasteiger partial charge in [-0.05, 0) is 53.9 Å².